The Morgan fingerprint density at radius 1 is 1.21 bits per heavy atom. The Labute approximate surface area is 172 Å². The van der Waals surface area contributed by atoms with Gasteiger partial charge in [0.25, 0.3) is 5.88 Å². The van der Waals surface area contributed by atoms with Crippen LogP contribution in [0.3, 0.4) is 0 Å². The molecule has 0 aromatic carbocycles. The molecular weight excluding hydrogens is 368 g/mol. The van der Waals surface area contributed by atoms with Crippen LogP contribution in [0.2, 0.25) is 0 Å². The van der Waals surface area contributed by atoms with Gasteiger partial charge in [0.1, 0.15) is 11.9 Å². The van der Waals surface area contributed by atoms with Crippen molar-refractivity contribution in [2.24, 2.45) is 5.92 Å². The van der Waals surface area contributed by atoms with Crippen LogP contribution in [0.25, 0.3) is 0 Å². The Morgan fingerprint density at radius 2 is 2.10 bits per heavy atom. The first-order valence-corrected chi connectivity index (χ1v) is 10.5. The lowest BCUT2D eigenvalue weighted by atomic mass is 9.97. The molecule has 2 aliphatic rings. The van der Waals surface area contributed by atoms with E-state index < -0.39 is 0 Å². The van der Waals surface area contributed by atoms with Gasteiger partial charge in [0, 0.05) is 31.9 Å². The normalized spacial score (nSPS) is 19.8. The number of anilines is 1. The van der Waals surface area contributed by atoms with Gasteiger partial charge in [0.2, 0.25) is 0 Å². The first kappa shape index (κ1) is 19.9. The zero-order valence-electron chi connectivity index (χ0n) is 17.0. The van der Waals surface area contributed by atoms with Gasteiger partial charge in [-0.2, -0.15) is 4.98 Å². The van der Waals surface area contributed by atoms with E-state index >= 15 is 0 Å². The molecule has 0 spiro atoms. The minimum absolute atomic E-state index is 0.0304. The lowest BCUT2D eigenvalue weighted by Gasteiger charge is -2.31. The van der Waals surface area contributed by atoms with Crippen LogP contribution in [0, 0.1) is 5.92 Å². The number of nitrogens with zero attached hydrogens (tertiary/aromatic N) is 3. The molecule has 0 amide bonds. The second kappa shape index (κ2) is 9.89. The van der Waals surface area contributed by atoms with Gasteiger partial charge in [0.05, 0.1) is 20.3 Å². The van der Waals surface area contributed by atoms with E-state index in [0.29, 0.717) is 24.2 Å². The van der Waals surface area contributed by atoms with Crippen molar-refractivity contribution in [2.45, 2.75) is 31.9 Å². The smallest absolute Gasteiger partial charge is 0.259 e. The molecule has 29 heavy (non-hydrogen) atoms. The third-order valence-corrected chi connectivity index (χ3v) is 5.55. The highest BCUT2D eigenvalue weighted by Gasteiger charge is 2.23. The fourth-order valence-electron chi connectivity index (χ4n) is 3.92. The average molecular weight is 399 g/mol. The number of piperidine rings is 1. The Kier molecular flexibility index (Phi) is 6.79. The highest BCUT2D eigenvalue weighted by Crippen LogP contribution is 2.31. The number of hydrogen-bond donors (Lipinski definition) is 1. The molecule has 2 saturated heterocycles. The zero-order chi connectivity index (χ0) is 19.9. The van der Waals surface area contributed by atoms with E-state index in [1.165, 1.54) is 18.4 Å². The van der Waals surface area contributed by atoms with Crippen LogP contribution >= 0.6 is 0 Å². The molecule has 1 N–H and O–H groups in total. The Bertz CT molecular complexity index is 762. The second-order valence-corrected chi connectivity index (χ2v) is 7.72. The molecule has 1 atom stereocenters. The summed E-state index contributed by atoms with van der Waals surface area (Å²) in [6, 6.07) is 8.06. The number of nitrogens with one attached hydrogen (secondary N) is 1. The maximum Gasteiger partial charge on any atom is 0.259 e. The van der Waals surface area contributed by atoms with E-state index in [1.54, 1.807) is 7.11 Å². The van der Waals surface area contributed by atoms with Gasteiger partial charge < -0.3 is 24.4 Å². The highest BCUT2D eigenvalue weighted by atomic mass is 16.6. The third kappa shape index (κ3) is 5.36. The molecule has 0 aliphatic carbocycles. The number of methoxy groups -OCH3 is 1. The van der Waals surface area contributed by atoms with Gasteiger partial charge in [-0.25, -0.2) is 0 Å². The monoisotopic (exact) mass is 398 g/mol. The number of pyridine rings is 2. The van der Waals surface area contributed by atoms with Gasteiger partial charge in [-0.1, -0.05) is 6.07 Å². The Hall–Kier alpha value is -2.38. The van der Waals surface area contributed by atoms with Crippen molar-refractivity contribution in [3.8, 4) is 11.6 Å². The number of hydrogen-bond acceptors (Lipinski definition) is 7. The summed E-state index contributed by atoms with van der Waals surface area (Å²) >= 11 is 0. The van der Waals surface area contributed by atoms with E-state index in [4.69, 9.17) is 19.2 Å². The fourth-order valence-corrected chi connectivity index (χ4v) is 3.92. The average Bonchev–Trinajstić information content (AvgIpc) is 3.28. The molecule has 0 bridgehead atoms. The number of aromatic nitrogens is 2. The minimum Gasteiger partial charge on any atom is -0.491 e. The van der Waals surface area contributed by atoms with Crippen LogP contribution in [0.15, 0.2) is 36.7 Å². The fraction of sp³-hybridized carbons (Fsp3) is 0.545. The SMILES string of the molecule is COc1ccc(N(Cc2cccnc2)CC2CCNCC2)nc1O[C@@H]1CCOC1. The molecule has 2 aromatic heterocycles. The first-order chi connectivity index (χ1) is 14.3. The summed E-state index contributed by atoms with van der Waals surface area (Å²) in [5.41, 5.74) is 1.17. The Morgan fingerprint density at radius 3 is 2.83 bits per heavy atom. The quantitative estimate of drug-likeness (QED) is 0.733. The van der Waals surface area contributed by atoms with E-state index in [-0.39, 0.29) is 6.10 Å². The predicted octanol–water partition coefficient (Wildman–Crippen LogP) is 2.66. The van der Waals surface area contributed by atoms with Crippen LogP contribution < -0.4 is 19.7 Å². The van der Waals surface area contributed by atoms with Gasteiger partial charge in [-0.15, -0.1) is 0 Å². The van der Waals surface area contributed by atoms with E-state index in [1.807, 2.05) is 30.6 Å². The largest absolute Gasteiger partial charge is 0.491 e. The maximum atomic E-state index is 6.12. The molecule has 7 heteroatoms. The molecule has 4 heterocycles. The van der Waals surface area contributed by atoms with Crippen LogP contribution in [-0.2, 0) is 11.3 Å². The van der Waals surface area contributed by atoms with Gasteiger partial charge in [-0.05, 0) is 55.6 Å². The maximum absolute atomic E-state index is 6.12. The molecule has 7 nitrogen and oxygen atoms in total. The van der Waals surface area contributed by atoms with Crippen LogP contribution in [0.5, 0.6) is 11.6 Å². The molecule has 2 fully saturated rings. The van der Waals surface area contributed by atoms with Crippen LogP contribution in [0.4, 0.5) is 5.82 Å². The second-order valence-electron chi connectivity index (χ2n) is 7.72. The van der Waals surface area contributed by atoms with Crippen molar-refractivity contribution < 1.29 is 14.2 Å². The molecule has 2 aromatic rings. The summed E-state index contributed by atoms with van der Waals surface area (Å²) in [5, 5.41) is 3.45. The lowest BCUT2D eigenvalue weighted by Crippen LogP contribution is -2.36. The third-order valence-electron chi connectivity index (χ3n) is 5.55. The molecule has 0 saturated carbocycles. The van der Waals surface area contributed by atoms with Crippen molar-refractivity contribution >= 4 is 5.82 Å². The molecule has 0 radical (unpaired) electrons. The van der Waals surface area contributed by atoms with Gasteiger partial charge >= 0.3 is 0 Å². The first-order valence-electron chi connectivity index (χ1n) is 10.5. The standard InChI is InChI=1S/C22H30N4O3/c1-27-20-4-5-21(25-22(20)29-19-8-12-28-16-19)26(14-17-6-10-23-11-7-17)15-18-3-2-9-24-13-18/h2-5,9,13,17,19,23H,6-8,10-12,14-16H2,1H3/t19-/m1/s1. The number of ether oxygens (including phenoxy) is 3. The van der Waals surface area contributed by atoms with Gasteiger partial charge in [0.15, 0.2) is 5.75 Å². The van der Waals surface area contributed by atoms with Crippen molar-refractivity contribution in [2.75, 3.05) is 44.9 Å². The lowest BCUT2D eigenvalue weighted by molar-refractivity contribution is 0.135. The molecule has 156 valence electrons. The van der Waals surface area contributed by atoms with Gasteiger partial charge in [-0.3, -0.25) is 4.98 Å². The molecule has 4 rings (SSSR count). The van der Waals surface area contributed by atoms with E-state index in [0.717, 1.165) is 45.0 Å². The van der Waals surface area contributed by atoms with Crippen LogP contribution in [0.1, 0.15) is 24.8 Å². The summed E-state index contributed by atoms with van der Waals surface area (Å²) in [6.45, 7) is 5.22. The van der Waals surface area contributed by atoms with Crippen molar-refractivity contribution in [1.29, 1.82) is 0 Å². The zero-order valence-corrected chi connectivity index (χ0v) is 17.0. The topological polar surface area (TPSA) is 68.7 Å². The van der Waals surface area contributed by atoms with Crippen molar-refractivity contribution in [3.63, 3.8) is 0 Å². The Balaban J connectivity index is 1.57. The summed E-state index contributed by atoms with van der Waals surface area (Å²) < 4.78 is 17.1. The van der Waals surface area contributed by atoms with E-state index in [9.17, 15) is 0 Å². The molecule has 2 aliphatic heterocycles. The summed E-state index contributed by atoms with van der Waals surface area (Å²) in [6.07, 6.45) is 7.01. The van der Waals surface area contributed by atoms with E-state index in [2.05, 4.69) is 21.3 Å². The van der Waals surface area contributed by atoms with Crippen molar-refractivity contribution in [1.82, 2.24) is 15.3 Å². The van der Waals surface area contributed by atoms with Crippen LogP contribution in [-0.4, -0.2) is 56.0 Å². The summed E-state index contributed by atoms with van der Waals surface area (Å²) in [7, 11) is 1.65. The summed E-state index contributed by atoms with van der Waals surface area (Å²) in [4.78, 5) is 11.5. The predicted molar refractivity (Wildman–Crippen MR) is 112 cm³/mol. The highest BCUT2D eigenvalue weighted by molar-refractivity contribution is 5.47. The molecule has 0 unspecified atom stereocenters. The number of rotatable bonds is 8. The molecular formula is C22H30N4O3. The summed E-state index contributed by atoms with van der Waals surface area (Å²) in [5.74, 6) is 2.75. The minimum atomic E-state index is 0.0304. The van der Waals surface area contributed by atoms with Crippen molar-refractivity contribution in [3.05, 3.63) is 42.2 Å².